The van der Waals surface area contributed by atoms with E-state index in [9.17, 15) is 9.59 Å². The van der Waals surface area contributed by atoms with Crippen LogP contribution in [0, 0.1) is 6.92 Å². The van der Waals surface area contributed by atoms with Gasteiger partial charge in [0.1, 0.15) is 5.00 Å². The van der Waals surface area contributed by atoms with Crippen LogP contribution in [0.15, 0.2) is 42.7 Å². The largest absolute Gasteiger partial charge is 0.462 e. The molecule has 2 amide bonds. The van der Waals surface area contributed by atoms with Crippen molar-refractivity contribution in [3.63, 3.8) is 0 Å². The monoisotopic (exact) mass is 438 g/mol. The second-order valence-corrected chi connectivity index (χ2v) is 8.47. The summed E-state index contributed by atoms with van der Waals surface area (Å²) in [6.45, 7) is 6.12. The lowest BCUT2D eigenvalue weighted by Gasteiger charge is -2.16. The van der Waals surface area contributed by atoms with Gasteiger partial charge in [0, 0.05) is 35.9 Å². The first-order valence-electron chi connectivity index (χ1n) is 10.4. The molecule has 0 saturated heterocycles. The van der Waals surface area contributed by atoms with Gasteiger partial charge in [-0.05, 0) is 56.6 Å². The first kappa shape index (κ1) is 21.1. The molecular weight excluding hydrogens is 412 g/mol. The lowest BCUT2D eigenvalue weighted by Crippen LogP contribution is -2.30. The van der Waals surface area contributed by atoms with Gasteiger partial charge in [0.2, 0.25) is 0 Å². The fourth-order valence-electron chi connectivity index (χ4n) is 3.73. The van der Waals surface area contributed by atoms with E-state index in [2.05, 4.69) is 20.5 Å². The highest BCUT2D eigenvalue weighted by Crippen LogP contribution is 2.34. The van der Waals surface area contributed by atoms with E-state index in [1.807, 2.05) is 37.5 Å². The predicted octanol–water partition coefficient (Wildman–Crippen LogP) is 3.99. The van der Waals surface area contributed by atoms with Gasteiger partial charge in [-0.15, -0.1) is 11.3 Å². The van der Waals surface area contributed by atoms with Gasteiger partial charge in [-0.25, -0.2) is 9.59 Å². The standard InChI is InChI=1S/C23H26N4O3S/c1-3-30-22(28)17-12-15(2)6-7-19(17)26-23(29)25-13-18-16-8-9-24-14-20(16)31-21(18)27-10-4-5-11-27/h4-7,10-12,24H,3,8-9,13-14H2,1-2H3,(H2,25,26,29). The van der Waals surface area contributed by atoms with E-state index in [4.69, 9.17) is 4.74 Å². The summed E-state index contributed by atoms with van der Waals surface area (Å²) < 4.78 is 7.22. The number of hydrogen-bond acceptors (Lipinski definition) is 5. The number of fused-ring (bicyclic) bond motifs is 1. The number of rotatable bonds is 6. The van der Waals surface area contributed by atoms with E-state index in [0.29, 0.717) is 17.8 Å². The number of hydrogen-bond donors (Lipinski definition) is 3. The number of nitrogens with one attached hydrogen (secondary N) is 3. The number of thiophene rings is 1. The average molecular weight is 439 g/mol. The van der Waals surface area contributed by atoms with Crippen molar-refractivity contribution in [1.82, 2.24) is 15.2 Å². The van der Waals surface area contributed by atoms with Crippen LogP contribution in [0.3, 0.4) is 0 Å². The Balaban J connectivity index is 1.52. The van der Waals surface area contributed by atoms with Crippen LogP contribution in [0.25, 0.3) is 5.00 Å². The molecule has 1 aliphatic rings. The van der Waals surface area contributed by atoms with E-state index >= 15 is 0 Å². The molecule has 31 heavy (non-hydrogen) atoms. The minimum absolute atomic E-state index is 0.276. The van der Waals surface area contributed by atoms with E-state index < -0.39 is 5.97 Å². The Morgan fingerprint density at radius 3 is 2.84 bits per heavy atom. The van der Waals surface area contributed by atoms with E-state index in [-0.39, 0.29) is 12.6 Å². The zero-order valence-corrected chi connectivity index (χ0v) is 18.5. The minimum atomic E-state index is -0.448. The van der Waals surface area contributed by atoms with Gasteiger partial charge >= 0.3 is 12.0 Å². The summed E-state index contributed by atoms with van der Waals surface area (Å²) in [7, 11) is 0. The molecule has 2 aromatic heterocycles. The number of benzene rings is 1. The lowest BCUT2D eigenvalue weighted by molar-refractivity contribution is 0.0527. The second kappa shape index (κ2) is 9.36. The van der Waals surface area contributed by atoms with Gasteiger partial charge in [-0.1, -0.05) is 11.6 Å². The smallest absolute Gasteiger partial charge is 0.340 e. The third-order valence-corrected chi connectivity index (χ3v) is 6.49. The zero-order chi connectivity index (χ0) is 21.8. The van der Waals surface area contributed by atoms with Crippen molar-refractivity contribution in [3.8, 4) is 5.00 Å². The van der Waals surface area contributed by atoms with Crippen LogP contribution in [0.4, 0.5) is 10.5 Å². The van der Waals surface area contributed by atoms with Crippen molar-refractivity contribution < 1.29 is 14.3 Å². The summed E-state index contributed by atoms with van der Waals surface area (Å²) in [5, 5.41) is 10.3. The molecule has 7 nitrogen and oxygen atoms in total. The summed E-state index contributed by atoms with van der Waals surface area (Å²) in [5.74, 6) is -0.448. The Morgan fingerprint density at radius 2 is 2.06 bits per heavy atom. The summed E-state index contributed by atoms with van der Waals surface area (Å²) in [4.78, 5) is 26.3. The summed E-state index contributed by atoms with van der Waals surface area (Å²) in [5.41, 5.74) is 4.16. The second-order valence-electron chi connectivity index (χ2n) is 7.38. The van der Waals surface area contributed by atoms with E-state index in [1.54, 1.807) is 30.4 Å². The van der Waals surface area contributed by atoms with Crippen molar-refractivity contribution in [2.24, 2.45) is 0 Å². The molecular formula is C23H26N4O3S. The Kier molecular flexibility index (Phi) is 6.39. The van der Waals surface area contributed by atoms with Crippen molar-refractivity contribution in [2.45, 2.75) is 33.4 Å². The third kappa shape index (κ3) is 4.65. The van der Waals surface area contributed by atoms with Crippen LogP contribution >= 0.6 is 11.3 Å². The van der Waals surface area contributed by atoms with Gasteiger partial charge in [0.25, 0.3) is 0 Å². The predicted molar refractivity (Wildman–Crippen MR) is 122 cm³/mol. The molecule has 0 atom stereocenters. The van der Waals surface area contributed by atoms with E-state index in [0.717, 1.165) is 35.6 Å². The van der Waals surface area contributed by atoms with Gasteiger partial charge in [-0.3, -0.25) is 0 Å². The number of carbonyl (C=O) groups excluding carboxylic acids is 2. The van der Waals surface area contributed by atoms with Crippen LogP contribution in [0.2, 0.25) is 0 Å². The van der Waals surface area contributed by atoms with Gasteiger partial charge in [0.15, 0.2) is 0 Å². The minimum Gasteiger partial charge on any atom is -0.462 e. The number of amides is 2. The van der Waals surface area contributed by atoms with Gasteiger partial charge in [-0.2, -0.15) is 0 Å². The zero-order valence-electron chi connectivity index (χ0n) is 17.7. The first-order chi connectivity index (χ1) is 15.1. The quantitative estimate of drug-likeness (QED) is 0.508. The fourth-order valence-corrected chi connectivity index (χ4v) is 5.03. The van der Waals surface area contributed by atoms with Crippen molar-refractivity contribution in [2.75, 3.05) is 18.5 Å². The first-order valence-corrected chi connectivity index (χ1v) is 11.2. The molecule has 0 aliphatic carbocycles. The Morgan fingerprint density at radius 1 is 1.26 bits per heavy atom. The van der Waals surface area contributed by atoms with E-state index in [1.165, 1.54) is 10.4 Å². The van der Waals surface area contributed by atoms with Crippen molar-refractivity contribution >= 4 is 29.0 Å². The molecule has 8 heteroatoms. The maximum absolute atomic E-state index is 12.7. The SMILES string of the molecule is CCOC(=O)c1cc(C)ccc1NC(=O)NCc1c(-n2cccc2)sc2c1CCNC2. The molecule has 1 aliphatic heterocycles. The van der Waals surface area contributed by atoms with Crippen LogP contribution in [-0.2, 0) is 24.2 Å². The van der Waals surface area contributed by atoms with Crippen LogP contribution in [0.1, 0.15) is 38.8 Å². The van der Waals surface area contributed by atoms with Gasteiger partial charge in [0.05, 0.1) is 17.9 Å². The van der Waals surface area contributed by atoms with Crippen LogP contribution in [-0.4, -0.2) is 29.7 Å². The molecule has 3 heterocycles. The molecule has 0 bridgehead atoms. The van der Waals surface area contributed by atoms with Crippen LogP contribution < -0.4 is 16.0 Å². The number of esters is 1. The molecule has 0 unspecified atom stereocenters. The number of anilines is 1. The molecule has 0 radical (unpaired) electrons. The number of carbonyl (C=O) groups is 2. The highest BCUT2D eigenvalue weighted by molar-refractivity contribution is 7.14. The molecule has 4 rings (SSSR count). The number of aryl methyl sites for hydroxylation is 1. The molecule has 0 spiro atoms. The average Bonchev–Trinajstić information content (AvgIpc) is 3.41. The Bertz CT molecular complexity index is 1090. The van der Waals surface area contributed by atoms with Crippen molar-refractivity contribution in [3.05, 3.63) is 69.9 Å². The summed E-state index contributed by atoms with van der Waals surface area (Å²) in [6, 6.07) is 8.93. The molecule has 0 fully saturated rings. The maximum Gasteiger partial charge on any atom is 0.340 e. The topological polar surface area (TPSA) is 84.4 Å². The fraction of sp³-hybridized carbons (Fsp3) is 0.304. The van der Waals surface area contributed by atoms with Crippen LogP contribution in [0.5, 0.6) is 0 Å². The third-order valence-electron chi connectivity index (χ3n) is 5.20. The normalized spacial score (nSPS) is 12.8. The molecule has 0 saturated carbocycles. The molecule has 162 valence electrons. The highest BCUT2D eigenvalue weighted by Gasteiger charge is 2.22. The lowest BCUT2D eigenvalue weighted by atomic mass is 10.0. The Labute approximate surface area is 185 Å². The number of aromatic nitrogens is 1. The highest BCUT2D eigenvalue weighted by atomic mass is 32.1. The number of nitrogens with zero attached hydrogens (tertiary/aromatic N) is 1. The molecule has 1 aromatic carbocycles. The summed E-state index contributed by atoms with van der Waals surface area (Å²) >= 11 is 1.76. The maximum atomic E-state index is 12.7. The molecule has 3 N–H and O–H groups in total. The number of ether oxygens (including phenoxy) is 1. The Hall–Kier alpha value is -3.10. The van der Waals surface area contributed by atoms with Gasteiger partial charge < -0.3 is 25.3 Å². The summed E-state index contributed by atoms with van der Waals surface area (Å²) in [6.07, 6.45) is 4.98. The number of urea groups is 1. The van der Waals surface area contributed by atoms with Crippen molar-refractivity contribution in [1.29, 1.82) is 0 Å². The molecule has 3 aromatic rings.